The summed E-state index contributed by atoms with van der Waals surface area (Å²) in [5, 5.41) is 5.45. The Labute approximate surface area is 136 Å². The van der Waals surface area contributed by atoms with E-state index in [1.165, 1.54) is 21.6 Å². The molecule has 7 heteroatoms. The van der Waals surface area contributed by atoms with E-state index in [1.807, 2.05) is 6.07 Å². The highest BCUT2D eigenvalue weighted by atomic mass is 32.1. The third kappa shape index (κ3) is 2.84. The number of nitrogens with zero attached hydrogens (tertiary/aromatic N) is 3. The van der Waals surface area contributed by atoms with Crippen molar-refractivity contribution < 1.29 is 4.74 Å². The van der Waals surface area contributed by atoms with Gasteiger partial charge in [0.1, 0.15) is 5.82 Å². The molecule has 3 heterocycles. The summed E-state index contributed by atoms with van der Waals surface area (Å²) in [7, 11) is 0. The maximum atomic E-state index is 5.39. The van der Waals surface area contributed by atoms with E-state index in [0.717, 1.165) is 42.7 Å². The quantitative estimate of drug-likeness (QED) is 0.790. The molecule has 1 saturated heterocycles. The zero-order chi connectivity index (χ0) is 14.8. The molecule has 5 nitrogen and oxygen atoms in total. The van der Waals surface area contributed by atoms with Crippen molar-refractivity contribution in [1.82, 2.24) is 13.7 Å². The van der Waals surface area contributed by atoms with Gasteiger partial charge in [-0.1, -0.05) is 18.2 Å². The predicted molar refractivity (Wildman–Crippen MR) is 89.6 cm³/mol. The molecule has 2 aromatic heterocycles. The topological polar surface area (TPSA) is 59.9 Å². The van der Waals surface area contributed by atoms with Gasteiger partial charge in [-0.25, -0.2) is 4.98 Å². The number of anilines is 1. The largest absolute Gasteiger partial charge is 0.381 e. The average Bonchev–Trinajstić information content (AvgIpc) is 3.21. The fourth-order valence-electron chi connectivity index (χ4n) is 2.65. The first-order chi connectivity index (χ1) is 10.9. The Morgan fingerprint density at radius 2 is 2.00 bits per heavy atom. The average molecular weight is 332 g/mol. The summed E-state index contributed by atoms with van der Waals surface area (Å²) < 4.78 is 15.6. The summed E-state index contributed by atoms with van der Waals surface area (Å²) in [6, 6.07) is 8.31. The van der Waals surface area contributed by atoms with E-state index in [-0.39, 0.29) is 0 Å². The van der Waals surface area contributed by atoms with E-state index in [0.29, 0.717) is 12.5 Å². The minimum Gasteiger partial charge on any atom is -0.381 e. The van der Waals surface area contributed by atoms with E-state index < -0.39 is 0 Å². The van der Waals surface area contributed by atoms with Crippen LogP contribution in [-0.2, 0) is 11.3 Å². The van der Waals surface area contributed by atoms with Gasteiger partial charge >= 0.3 is 0 Å². The van der Waals surface area contributed by atoms with Gasteiger partial charge in [0.15, 0.2) is 0 Å². The first-order valence-electron chi connectivity index (χ1n) is 7.38. The zero-order valence-electron chi connectivity index (χ0n) is 12.0. The van der Waals surface area contributed by atoms with E-state index in [2.05, 4.69) is 37.2 Å². The standard InChI is InChI=1S/C15H16N4OS2/c1-2-4-13-11(3-1)12(18-21-13)9-16-15-17-14(19-22-15)10-5-7-20-8-6-10/h1-4,10H,5-9H2,(H,16,17,19). The Kier molecular flexibility index (Phi) is 4.01. The Hall–Kier alpha value is -1.57. The number of ether oxygens (including phenoxy) is 1. The van der Waals surface area contributed by atoms with Crippen LogP contribution in [0.1, 0.15) is 30.3 Å². The maximum Gasteiger partial charge on any atom is 0.202 e. The molecule has 0 radical (unpaired) electrons. The van der Waals surface area contributed by atoms with Crippen molar-refractivity contribution >= 4 is 38.3 Å². The Balaban J connectivity index is 1.44. The van der Waals surface area contributed by atoms with Crippen LogP contribution in [0, 0.1) is 0 Å². The molecular weight excluding hydrogens is 316 g/mol. The van der Waals surface area contributed by atoms with Crippen LogP contribution in [0.25, 0.3) is 10.1 Å². The molecule has 0 aliphatic carbocycles. The number of aromatic nitrogens is 3. The monoisotopic (exact) mass is 332 g/mol. The number of rotatable bonds is 4. The van der Waals surface area contributed by atoms with Crippen molar-refractivity contribution in [1.29, 1.82) is 0 Å². The second-order valence-electron chi connectivity index (χ2n) is 5.32. The van der Waals surface area contributed by atoms with Gasteiger partial charge in [0.05, 0.1) is 16.9 Å². The minimum absolute atomic E-state index is 0.445. The number of benzene rings is 1. The molecule has 22 heavy (non-hydrogen) atoms. The predicted octanol–water partition coefficient (Wildman–Crippen LogP) is 3.65. The second kappa shape index (κ2) is 6.28. The Bertz CT molecular complexity index is 764. The van der Waals surface area contributed by atoms with Crippen LogP contribution in [0.2, 0.25) is 0 Å². The highest BCUT2D eigenvalue weighted by molar-refractivity contribution is 7.13. The van der Waals surface area contributed by atoms with Gasteiger partial charge in [-0.2, -0.15) is 8.75 Å². The van der Waals surface area contributed by atoms with Gasteiger partial charge < -0.3 is 10.1 Å². The van der Waals surface area contributed by atoms with E-state index in [4.69, 9.17) is 4.74 Å². The molecule has 1 fully saturated rings. The van der Waals surface area contributed by atoms with Crippen LogP contribution in [0.4, 0.5) is 5.13 Å². The number of fused-ring (bicyclic) bond motifs is 1. The van der Waals surface area contributed by atoms with Gasteiger partial charge in [0, 0.05) is 36.1 Å². The molecule has 114 valence electrons. The van der Waals surface area contributed by atoms with Crippen LogP contribution >= 0.6 is 23.1 Å². The minimum atomic E-state index is 0.445. The SMILES string of the molecule is c1ccc2c(CNc3nc(C4CCOCC4)ns3)nsc2c1. The normalized spacial score (nSPS) is 16.2. The first-order valence-corrected chi connectivity index (χ1v) is 8.93. The van der Waals surface area contributed by atoms with E-state index in [9.17, 15) is 0 Å². The van der Waals surface area contributed by atoms with Gasteiger partial charge in [0.2, 0.25) is 5.13 Å². The molecule has 1 aliphatic heterocycles. The lowest BCUT2D eigenvalue weighted by Gasteiger charge is -2.18. The molecule has 1 aliphatic rings. The van der Waals surface area contributed by atoms with Crippen LogP contribution < -0.4 is 5.32 Å². The molecule has 0 unspecified atom stereocenters. The molecule has 0 amide bonds. The van der Waals surface area contributed by atoms with Crippen molar-refractivity contribution in [2.24, 2.45) is 0 Å². The van der Waals surface area contributed by atoms with Crippen molar-refractivity contribution in [2.45, 2.75) is 25.3 Å². The lowest BCUT2D eigenvalue weighted by molar-refractivity contribution is 0.0838. The maximum absolute atomic E-state index is 5.39. The first kappa shape index (κ1) is 14.0. The van der Waals surface area contributed by atoms with Gasteiger partial charge in [-0.15, -0.1) is 0 Å². The summed E-state index contributed by atoms with van der Waals surface area (Å²) in [6.45, 7) is 2.32. The molecule has 3 aromatic rings. The second-order valence-corrected chi connectivity index (χ2v) is 6.88. The number of nitrogens with one attached hydrogen (secondary N) is 1. The highest BCUT2D eigenvalue weighted by Gasteiger charge is 2.20. The summed E-state index contributed by atoms with van der Waals surface area (Å²) in [5.74, 6) is 1.40. The van der Waals surface area contributed by atoms with E-state index >= 15 is 0 Å². The highest BCUT2D eigenvalue weighted by Crippen LogP contribution is 2.28. The molecule has 4 rings (SSSR count). The molecule has 0 saturated carbocycles. The van der Waals surface area contributed by atoms with Crippen molar-refractivity contribution in [2.75, 3.05) is 18.5 Å². The van der Waals surface area contributed by atoms with Gasteiger partial charge in [-0.05, 0) is 30.4 Å². The van der Waals surface area contributed by atoms with Crippen molar-refractivity contribution in [3.05, 3.63) is 35.8 Å². The fraction of sp³-hybridized carbons (Fsp3) is 0.400. The summed E-state index contributed by atoms with van der Waals surface area (Å²) in [6.07, 6.45) is 2.04. The third-order valence-electron chi connectivity index (χ3n) is 3.89. The molecule has 1 N–H and O–H groups in total. The smallest absolute Gasteiger partial charge is 0.202 e. The van der Waals surface area contributed by atoms with Crippen molar-refractivity contribution in [3.8, 4) is 0 Å². The summed E-state index contributed by atoms with van der Waals surface area (Å²) in [4.78, 5) is 4.63. The van der Waals surface area contributed by atoms with Crippen LogP contribution in [0.5, 0.6) is 0 Å². The lowest BCUT2D eigenvalue weighted by atomic mass is 10.00. The van der Waals surface area contributed by atoms with Crippen LogP contribution in [0.15, 0.2) is 24.3 Å². The Morgan fingerprint density at radius 1 is 1.14 bits per heavy atom. The Morgan fingerprint density at radius 3 is 2.91 bits per heavy atom. The fourth-order valence-corrected chi connectivity index (χ4v) is 4.09. The molecule has 0 atom stereocenters. The van der Waals surface area contributed by atoms with Gasteiger partial charge in [0.25, 0.3) is 0 Å². The molecular formula is C15H16N4OS2. The summed E-state index contributed by atoms with van der Waals surface area (Å²) in [5.41, 5.74) is 1.07. The van der Waals surface area contributed by atoms with Crippen LogP contribution in [-0.4, -0.2) is 26.9 Å². The third-order valence-corrected chi connectivity index (χ3v) is 5.44. The summed E-state index contributed by atoms with van der Waals surface area (Å²) >= 11 is 2.97. The number of hydrogen-bond donors (Lipinski definition) is 1. The van der Waals surface area contributed by atoms with Gasteiger partial charge in [-0.3, -0.25) is 0 Å². The zero-order valence-corrected chi connectivity index (χ0v) is 13.6. The number of hydrogen-bond acceptors (Lipinski definition) is 7. The molecule has 0 spiro atoms. The lowest BCUT2D eigenvalue weighted by Crippen LogP contribution is -2.15. The van der Waals surface area contributed by atoms with Crippen LogP contribution in [0.3, 0.4) is 0 Å². The molecule has 0 bridgehead atoms. The van der Waals surface area contributed by atoms with Crippen molar-refractivity contribution in [3.63, 3.8) is 0 Å². The molecule has 1 aromatic carbocycles. The van der Waals surface area contributed by atoms with E-state index in [1.54, 1.807) is 11.5 Å².